The molecule has 0 spiro atoms. The van der Waals surface area contributed by atoms with Crippen LogP contribution >= 0.6 is 0 Å². The lowest BCUT2D eigenvalue weighted by atomic mass is 9.95. The number of amides is 1. The summed E-state index contributed by atoms with van der Waals surface area (Å²) >= 11 is 0. The maximum Gasteiger partial charge on any atom is 0.333 e. The molecule has 2 N–H and O–H groups in total. The lowest BCUT2D eigenvalue weighted by molar-refractivity contribution is -0.145. The van der Waals surface area contributed by atoms with Gasteiger partial charge in [0, 0.05) is 17.7 Å². The van der Waals surface area contributed by atoms with Gasteiger partial charge in [-0.1, -0.05) is 54.6 Å². The maximum atomic E-state index is 15.1. The summed E-state index contributed by atoms with van der Waals surface area (Å²) in [7, 11) is 0. The van der Waals surface area contributed by atoms with Crippen molar-refractivity contribution in [2.75, 3.05) is 13.2 Å². The molecule has 1 aliphatic heterocycles. The molecule has 1 aliphatic carbocycles. The van der Waals surface area contributed by atoms with Gasteiger partial charge in [-0.3, -0.25) is 4.79 Å². The molecule has 5 nitrogen and oxygen atoms in total. The number of rotatable bonds is 5. The average Bonchev–Trinajstić information content (AvgIpc) is 3.14. The number of alkyl halides is 1. The molecular weight excluding hydrogens is 419 g/mol. The number of carbonyl (C=O) groups is 2. The molecule has 33 heavy (non-hydrogen) atoms. The summed E-state index contributed by atoms with van der Waals surface area (Å²) in [5.74, 6) is -0.962. The van der Waals surface area contributed by atoms with Crippen LogP contribution in [-0.2, 0) is 22.5 Å². The highest BCUT2D eigenvalue weighted by molar-refractivity contribution is 6.04. The number of halogens is 1. The van der Waals surface area contributed by atoms with Gasteiger partial charge in [-0.05, 0) is 59.3 Å². The standard InChI is InChI=1S/C27H25FN2O3/c1-2-33-27(32)25(17-11-10-16-12-13-29-15-18(16)14-17)30-26(31)22-9-5-8-21-23(22)19-6-3-4-7-20(19)24(21)28/h3-11,14,24-25,29H,2,12-13,15H2,1H3,(H,30,31). The molecule has 1 heterocycles. The van der Waals surface area contributed by atoms with E-state index in [0.717, 1.165) is 18.5 Å². The monoisotopic (exact) mass is 444 g/mol. The van der Waals surface area contributed by atoms with E-state index in [1.165, 1.54) is 5.56 Å². The Bertz CT molecular complexity index is 1240. The van der Waals surface area contributed by atoms with Crippen LogP contribution in [0.2, 0.25) is 0 Å². The van der Waals surface area contributed by atoms with Crippen molar-refractivity contribution >= 4 is 11.9 Å². The smallest absolute Gasteiger partial charge is 0.333 e. The van der Waals surface area contributed by atoms with Crippen LogP contribution < -0.4 is 10.6 Å². The number of hydrogen-bond acceptors (Lipinski definition) is 4. The predicted molar refractivity (Wildman–Crippen MR) is 124 cm³/mol. The Morgan fingerprint density at radius 1 is 1.09 bits per heavy atom. The molecule has 2 unspecified atom stereocenters. The fourth-order valence-electron chi connectivity index (χ4n) is 4.78. The molecular formula is C27H25FN2O3. The van der Waals surface area contributed by atoms with Gasteiger partial charge in [-0.15, -0.1) is 0 Å². The van der Waals surface area contributed by atoms with Crippen molar-refractivity contribution in [1.82, 2.24) is 10.6 Å². The Morgan fingerprint density at radius 3 is 2.76 bits per heavy atom. The van der Waals surface area contributed by atoms with Gasteiger partial charge in [0.2, 0.25) is 0 Å². The van der Waals surface area contributed by atoms with E-state index < -0.39 is 24.1 Å². The topological polar surface area (TPSA) is 67.4 Å². The van der Waals surface area contributed by atoms with E-state index in [1.54, 1.807) is 37.3 Å². The Kier molecular flexibility index (Phi) is 5.68. The molecule has 3 aromatic rings. The van der Waals surface area contributed by atoms with Crippen LogP contribution in [0.5, 0.6) is 0 Å². The fraction of sp³-hybridized carbons (Fsp3) is 0.259. The Balaban J connectivity index is 1.51. The van der Waals surface area contributed by atoms with E-state index in [9.17, 15) is 9.59 Å². The second kappa shape index (κ2) is 8.79. The molecule has 0 bridgehead atoms. The summed E-state index contributed by atoms with van der Waals surface area (Å²) in [5.41, 5.74) is 5.66. The average molecular weight is 445 g/mol. The molecule has 0 aromatic heterocycles. The molecule has 0 fully saturated rings. The Morgan fingerprint density at radius 2 is 1.91 bits per heavy atom. The first-order valence-corrected chi connectivity index (χ1v) is 11.2. The van der Waals surface area contributed by atoms with Gasteiger partial charge in [0.1, 0.15) is 0 Å². The minimum absolute atomic E-state index is 0.204. The lowest BCUT2D eigenvalue weighted by Crippen LogP contribution is -2.35. The molecule has 2 atom stereocenters. The van der Waals surface area contributed by atoms with Gasteiger partial charge in [-0.2, -0.15) is 0 Å². The largest absolute Gasteiger partial charge is 0.464 e. The highest BCUT2D eigenvalue weighted by Gasteiger charge is 2.33. The molecule has 0 saturated carbocycles. The van der Waals surface area contributed by atoms with Gasteiger partial charge in [-0.25, -0.2) is 9.18 Å². The molecule has 0 saturated heterocycles. The van der Waals surface area contributed by atoms with Crippen LogP contribution in [-0.4, -0.2) is 25.0 Å². The number of benzene rings is 3. The first-order chi connectivity index (χ1) is 16.1. The number of hydrogen-bond donors (Lipinski definition) is 2. The van der Waals surface area contributed by atoms with Crippen LogP contribution in [0.3, 0.4) is 0 Å². The Hall–Kier alpha value is -3.51. The number of esters is 1. The van der Waals surface area contributed by atoms with Crippen LogP contribution in [0.4, 0.5) is 4.39 Å². The van der Waals surface area contributed by atoms with Crippen LogP contribution in [0.1, 0.15) is 57.3 Å². The van der Waals surface area contributed by atoms with E-state index in [0.29, 0.717) is 39.9 Å². The summed E-state index contributed by atoms with van der Waals surface area (Å²) < 4.78 is 20.3. The van der Waals surface area contributed by atoms with Crippen LogP contribution in [0.25, 0.3) is 11.1 Å². The van der Waals surface area contributed by atoms with Crippen molar-refractivity contribution in [3.63, 3.8) is 0 Å². The fourth-order valence-corrected chi connectivity index (χ4v) is 4.78. The SMILES string of the molecule is CCOC(=O)C(NC(=O)c1cccc2c1-c1ccccc1C2F)c1ccc2c(c1)CNCC2. The third-order valence-corrected chi connectivity index (χ3v) is 6.37. The summed E-state index contributed by atoms with van der Waals surface area (Å²) in [5, 5.41) is 6.19. The summed E-state index contributed by atoms with van der Waals surface area (Å²) in [6, 6.07) is 17.1. The van der Waals surface area contributed by atoms with Crippen molar-refractivity contribution in [3.05, 3.63) is 94.0 Å². The third-order valence-electron chi connectivity index (χ3n) is 6.37. The van der Waals surface area contributed by atoms with Gasteiger partial charge >= 0.3 is 5.97 Å². The second-order valence-electron chi connectivity index (χ2n) is 8.33. The predicted octanol–water partition coefficient (Wildman–Crippen LogP) is 4.41. The lowest BCUT2D eigenvalue weighted by Gasteiger charge is -2.22. The molecule has 6 heteroatoms. The van der Waals surface area contributed by atoms with Gasteiger partial charge < -0.3 is 15.4 Å². The number of fused-ring (bicyclic) bond motifs is 4. The number of nitrogens with one attached hydrogen (secondary N) is 2. The van der Waals surface area contributed by atoms with Crippen LogP contribution in [0.15, 0.2) is 60.7 Å². The summed E-state index contributed by atoms with van der Waals surface area (Å²) in [6.45, 7) is 3.57. The normalized spacial score (nSPS) is 16.8. The molecule has 2 aliphatic rings. The minimum Gasteiger partial charge on any atom is -0.464 e. The molecule has 5 rings (SSSR count). The van der Waals surface area contributed by atoms with E-state index >= 15 is 4.39 Å². The zero-order valence-electron chi connectivity index (χ0n) is 18.4. The van der Waals surface area contributed by atoms with Gasteiger partial charge in [0.05, 0.1) is 6.61 Å². The highest BCUT2D eigenvalue weighted by Crippen LogP contribution is 2.47. The molecule has 0 radical (unpaired) electrons. The van der Waals surface area contributed by atoms with Crippen molar-refractivity contribution in [2.24, 2.45) is 0 Å². The van der Waals surface area contributed by atoms with E-state index in [1.807, 2.05) is 30.3 Å². The number of ether oxygens (including phenoxy) is 1. The quantitative estimate of drug-likeness (QED) is 0.573. The highest BCUT2D eigenvalue weighted by atomic mass is 19.1. The third kappa shape index (κ3) is 3.80. The van der Waals surface area contributed by atoms with Crippen LogP contribution in [0, 0.1) is 0 Å². The first-order valence-electron chi connectivity index (χ1n) is 11.2. The first kappa shape index (κ1) is 21.3. The molecule has 3 aromatic carbocycles. The van der Waals surface area contributed by atoms with Gasteiger partial charge in [0.25, 0.3) is 5.91 Å². The van der Waals surface area contributed by atoms with Crippen molar-refractivity contribution in [3.8, 4) is 11.1 Å². The van der Waals surface area contributed by atoms with E-state index in [2.05, 4.69) is 10.6 Å². The minimum atomic E-state index is -1.28. The summed E-state index contributed by atoms with van der Waals surface area (Å²) in [4.78, 5) is 26.3. The zero-order valence-corrected chi connectivity index (χ0v) is 18.4. The van der Waals surface area contributed by atoms with E-state index in [-0.39, 0.29) is 6.61 Å². The van der Waals surface area contributed by atoms with Crippen molar-refractivity contribution in [2.45, 2.75) is 32.1 Å². The summed E-state index contributed by atoms with van der Waals surface area (Å²) in [6.07, 6.45) is -0.357. The van der Waals surface area contributed by atoms with Crippen molar-refractivity contribution < 1.29 is 18.7 Å². The molecule has 1 amide bonds. The Labute approximate surface area is 192 Å². The second-order valence-corrected chi connectivity index (χ2v) is 8.33. The maximum absolute atomic E-state index is 15.1. The zero-order chi connectivity index (χ0) is 22.9. The number of carbonyl (C=O) groups excluding carboxylic acids is 2. The van der Waals surface area contributed by atoms with E-state index in [4.69, 9.17) is 4.74 Å². The van der Waals surface area contributed by atoms with Crippen molar-refractivity contribution in [1.29, 1.82) is 0 Å². The molecule has 168 valence electrons. The van der Waals surface area contributed by atoms with Gasteiger partial charge in [0.15, 0.2) is 12.2 Å².